The molecule has 1 aliphatic carbocycles. The van der Waals surface area contributed by atoms with Crippen LogP contribution in [0, 0.1) is 0 Å². The first-order valence-electron chi connectivity index (χ1n) is 7.35. The van der Waals surface area contributed by atoms with Crippen LogP contribution in [0.2, 0.25) is 0 Å². The van der Waals surface area contributed by atoms with Gasteiger partial charge in [-0.15, -0.1) is 0 Å². The summed E-state index contributed by atoms with van der Waals surface area (Å²) in [4.78, 5) is 12.3. The van der Waals surface area contributed by atoms with Gasteiger partial charge < -0.3 is 19.5 Å². The molecule has 116 valence electrons. The minimum absolute atomic E-state index is 0.0987. The highest BCUT2D eigenvalue weighted by atomic mass is 16.5. The third kappa shape index (κ3) is 3.29. The number of esters is 1. The summed E-state index contributed by atoms with van der Waals surface area (Å²) in [7, 11) is 1.61. The monoisotopic (exact) mass is 293 g/mol. The van der Waals surface area contributed by atoms with E-state index in [4.69, 9.17) is 14.2 Å². The number of ether oxygens (including phenoxy) is 3. The molecular weight excluding hydrogens is 270 g/mol. The second-order valence-electron chi connectivity index (χ2n) is 5.11. The number of carbonyl (C=O) groups is 1. The van der Waals surface area contributed by atoms with Crippen LogP contribution in [0.4, 0.5) is 5.69 Å². The molecule has 0 saturated heterocycles. The zero-order chi connectivity index (χ0) is 15.3. The van der Waals surface area contributed by atoms with Crippen LogP contribution in [0.5, 0.6) is 5.75 Å². The lowest BCUT2D eigenvalue weighted by Gasteiger charge is -2.46. The molecule has 0 heterocycles. The van der Waals surface area contributed by atoms with Gasteiger partial charge in [-0.1, -0.05) is 12.1 Å². The molecule has 0 radical (unpaired) electrons. The Morgan fingerprint density at radius 1 is 1.29 bits per heavy atom. The number of hydrogen-bond acceptors (Lipinski definition) is 5. The summed E-state index contributed by atoms with van der Waals surface area (Å²) in [5.74, 6) is 0.480. The Morgan fingerprint density at radius 2 is 2.00 bits per heavy atom. The van der Waals surface area contributed by atoms with E-state index in [1.807, 2.05) is 38.1 Å². The van der Waals surface area contributed by atoms with E-state index in [0.29, 0.717) is 31.8 Å². The first-order valence-corrected chi connectivity index (χ1v) is 7.35. The van der Waals surface area contributed by atoms with E-state index in [1.54, 1.807) is 7.11 Å². The maximum atomic E-state index is 12.3. The van der Waals surface area contributed by atoms with Gasteiger partial charge in [-0.2, -0.15) is 0 Å². The van der Waals surface area contributed by atoms with E-state index < -0.39 is 5.54 Å². The average molecular weight is 293 g/mol. The maximum absolute atomic E-state index is 12.3. The summed E-state index contributed by atoms with van der Waals surface area (Å²) in [6.45, 7) is 4.79. The minimum Gasteiger partial charge on any atom is -0.495 e. The molecule has 1 aromatic rings. The van der Waals surface area contributed by atoms with Crippen molar-refractivity contribution in [1.29, 1.82) is 0 Å². The lowest BCUT2D eigenvalue weighted by Crippen LogP contribution is -2.60. The van der Waals surface area contributed by atoms with Gasteiger partial charge in [0.05, 0.1) is 25.5 Å². The normalized spacial score (nSPS) is 24.0. The van der Waals surface area contributed by atoms with Gasteiger partial charge in [-0.25, -0.2) is 4.79 Å². The molecule has 5 nitrogen and oxygen atoms in total. The van der Waals surface area contributed by atoms with E-state index in [0.717, 1.165) is 5.69 Å². The van der Waals surface area contributed by atoms with E-state index >= 15 is 0 Å². The molecule has 0 atom stereocenters. The summed E-state index contributed by atoms with van der Waals surface area (Å²) < 4.78 is 16.1. The Bertz CT molecular complexity index is 483. The van der Waals surface area contributed by atoms with Crippen molar-refractivity contribution in [2.24, 2.45) is 0 Å². The van der Waals surface area contributed by atoms with Gasteiger partial charge in [-0.05, 0) is 26.0 Å². The molecule has 0 bridgehead atoms. The molecule has 1 aliphatic rings. The van der Waals surface area contributed by atoms with Crippen molar-refractivity contribution in [2.75, 3.05) is 25.6 Å². The molecule has 0 unspecified atom stereocenters. The molecule has 0 spiro atoms. The molecule has 1 N–H and O–H groups in total. The Morgan fingerprint density at radius 3 is 2.62 bits per heavy atom. The van der Waals surface area contributed by atoms with Crippen molar-refractivity contribution in [3.05, 3.63) is 24.3 Å². The molecule has 5 heteroatoms. The van der Waals surface area contributed by atoms with Crippen molar-refractivity contribution in [3.63, 3.8) is 0 Å². The molecule has 0 aromatic heterocycles. The topological polar surface area (TPSA) is 56.8 Å². The summed E-state index contributed by atoms with van der Waals surface area (Å²) in [5, 5.41) is 3.30. The Labute approximate surface area is 125 Å². The first-order chi connectivity index (χ1) is 10.1. The van der Waals surface area contributed by atoms with Crippen molar-refractivity contribution in [1.82, 2.24) is 0 Å². The fraction of sp³-hybridized carbons (Fsp3) is 0.562. The lowest BCUT2D eigenvalue weighted by atomic mass is 9.73. The van der Waals surface area contributed by atoms with E-state index in [-0.39, 0.29) is 12.1 Å². The summed E-state index contributed by atoms with van der Waals surface area (Å²) in [6.07, 6.45) is 1.32. The lowest BCUT2D eigenvalue weighted by molar-refractivity contribution is -0.158. The smallest absolute Gasteiger partial charge is 0.331 e. The van der Waals surface area contributed by atoms with Crippen LogP contribution < -0.4 is 10.1 Å². The molecule has 21 heavy (non-hydrogen) atoms. The molecular formula is C16H23NO4. The number of methoxy groups -OCH3 is 1. The van der Waals surface area contributed by atoms with Gasteiger partial charge >= 0.3 is 5.97 Å². The number of benzene rings is 1. The van der Waals surface area contributed by atoms with Crippen LogP contribution in [-0.2, 0) is 14.3 Å². The SMILES string of the molecule is CCOC(=O)C1(Nc2ccccc2OC)CC(OCC)C1. The van der Waals surface area contributed by atoms with Crippen LogP contribution in [0.25, 0.3) is 0 Å². The summed E-state index contributed by atoms with van der Waals surface area (Å²) in [6, 6.07) is 7.56. The first kappa shape index (κ1) is 15.6. The predicted molar refractivity (Wildman–Crippen MR) is 80.6 cm³/mol. The van der Waals surface area contributed by atoms with E-state index in [1.165, 1.54) is 0 Å². The highest BCUT2D eigenvalue weighted by molar-refractivity contribution is 5.86. The largest absolute Gasteiger partial charge is 0.495 e. The Balaban J connectivity index is 2.15. The highest BCUT2D eigenvalue weighted by Gasteiger charge is 2.52. The summed E-state index contributed by atoms with van der Waals surface area (Å²) in [5.41, 5.74) is 0.0767. The second kappa shape index (κ2) is 6.80. The van der Waals surface area contributed by atoms with E-state index in [9.17, 15) is 4.79 Å². The van der Waals surface area contributed by atoms with Gasteiger partial charge in [0.1, 0.15) is 11.3 Å². The number of para-hydroxylation sites is 2. The number of rotatable bonds is 7. The molecule has 0 amide bonds. The van der Waals surface area contributed by atoms with Gasteiger partial charge in [0.15, 0.2) is 0 Å². The number of nitrogens with one attached hydrogen (secondary N) is 1. The van der Waals surface area contributed by atoms with Crippen LogP contribution in [0.1, 0.15) is 26.7 Å². The maximum Gasteiger partial charge on any atom is 0.331 e. The molecule has 1 fully saturated rings. The van der Waals surface area contributed by atoms with Crippen molar-refractivity contribution >= 4 is 11.7 Å². The fourth-order valence-corrected chi connectivity index (χ4v) is 2.67. The number of hydrogen-bond donors (Lipinski definition) is 1. The molecule has 2 rings (SSSR count). The summed E-state index contributed by atoms with van der Waals surface area (Å²) >= 11 is 0. The highest BCUT2D eigenvalue weighted by Crippen LogP contribution is 2.40. The van der Waals surface area contributed by atoms with Crippen molar-refractivity contribution in [2.45, 2.75) is 38.3 Å². The van der Waals surface area contributed by atoms with Gasteiger partial charge in [0, 0.05) is 19.4 Å². The third-order valence-electron chi connectivity index (χ3n) is 3.70. The van der Waals surface area contributed by atoms with E-state index in [2.05, 4.69) is 5.32 Å². The zero-order valence-corrected chi connectivity index (χ0v) is 12.8. The quantitative estimate of drug-likeness (QED) is 0.783. The molecule has 1 saturated carbocycles. The van der Waals surface area contributed by atoms with Crippen molar-refractivity contribution in [3.8, 4) is 5.75 Å². The van der Waals surface area contributed by atoms with Gasteiger partial charge in [0.2, 0.25) is 0 Å². The van der Waals surface area contributed by atoms with Crippen molar-refractivity contribution < 1.29 is 19.0 Å². The Kier molecular flexibility index (Phi) is 5.07. The number of carbonyl (C=O) groups excluding carboxylic acids is 1. The van der Waals surface area contributed by atoms with Gasteiger partial charge in [0.25, 0.3) is 0 Å². The van der Waals surface area contributed by atoms with Crippen LogP contribution in [-0.4, -0.2) is 37.9 Å². The van der Waals surface area contributed by atoms with Crippen LogP contribution >= 0.6 is 0 Å². The second-order valence-corrected chi connectivity index (χ2v) is 5.11. The zero-order valence-electron chi connectivity index (χ0n) is 12.8. The standard InChI is InChI=1S/C16H23NO4/c1-4-20-12-10-16(11-12,15(18)21-5-2)17-13-8-6-7-9-14(13)19-3/h6-9,12,17H,4-5,10-11H2,1-3H3. The van der Waals surface area contributed by atoms with Crippen LogP contribution in [0.15, 0.2) is 24.3 Å². The fourth-order valence-electron chi connectivity index (χ4n) is 2.67. The third-order valence-corrected chi connectivity index (χ3v) is 3.70. The predicted octanol–water partition coefficient (Wildman–Crippen LogP) is 2.61. The average Bonchev–Trinajstić information content (AvgIpc) is 2.45. The molecule has 0 aliphatic heterocycles. The van der Waals surface area contributed by atoms with Gasteiger partial charge in [-0.3, -0.25) is 0 Å². The number of anilines is 1. The van der Waals surface area contributed by atoms with Crippen LogP contribution in [0.3, 0.4) is 0 Å². The Hall–Kier alpha value is -1.75. The minimum atomic E-state index is -0.718. The molecule has 1 aromatic carbocycles.